The van der Waals surface area contributed by atoms with Crippen molar-refractivity contribution >= 4 is 17.6 Å². The molecule has 0 amide bonds. The molecule has 222 valence electrons. The maximum absolute atomic E-state index is 6.19. The van der Waals surface area contributed by atoms with Gasteiger partial charge in [0.1, 0.15) is 11.6 Å². The predicted octanol–water partition coefficient (Wildman–Crippen LogP) is 4.88. The van der Waals surface area contributed by atoms with Crippen LogP contribution in [0.5, 0.6) is 0 Å². The number of hydrogen-bond acceptors (Lipinski definition) is 8. The zero-order valence-electron chi connectivity index (χ0n) is 24.9. The van der Waals surface area contributed by atoms with Crippen LogP contribution in [0.2, 0.25) is 0 Å². The highest BCUT2D eigenvalue weighted by Crippen LogP contribution is 2.29. The van der Waals surface area contributed by atoms with Crippen LogP contribution in [0.3, 0.4) is 0 Å². The van der Waals surface area contributed by atoms with Crippen LogP contribution in [0.15, 0.2) is 6.07 Å². The molecule has 2 saturated carbocycles. The smallest absolute Gasteiger partial charge is 0.226 e. The fraction of sp³-hybridized carbons (Fsp3) is 0.871. The average Bonchev–Trinajstić information content (AvgIpc) is 2.97. The molecule has 39 heavy (non-hydrogen) atoms. The number of rotatable bonds is 16. The van der Waals surface area contributed by atoms with Crippen molar-refractivity contribution in [3.63, 3.8) is 0 Å². The number of nitrogens with two attached hydrogens (primary N) is 1. The van der Waals surface area contributed by atoms with Crippen LogP contribution in [0.1, 0.15) is 96.8 Å². The molecular formula is C31H58N8. The molecule has 0 aromatic carbocycles. The molecule has 3 fully saturated rings. The van der Waals surface area contributed by atoms with E-state index in [1.807, 2.05) is 6.07 Å². The van der Waals surface area contributed by atoms with Crippen molar-refractivity contribution in [2.75, 3.05) is 74.9 Å². The summed E-state index contributed by atoms with van der Waals surface area (Å²) in [6, 6.07) is 2.72. The van der Waals surface area contributed by atoms with E-state index in [-0.39, 0.29) is 0 Å². The summed E-state index contributed by atoms with van der Waals surface area (Å²) in [6.07, 6.45) is 18.8. The van der Waals surface area contributed by atoms with Crippen LogP contribution >= 0.6 is 0 Å². The zero-order chi connectivity index (χ0) is 27.1. The molecule has 5 N–H and O–H groups in total. The highest BCUT2D eigenvalue weighted by Gasteiger charge is 2.22. The van der Waals surface area contributed by atoms with Gasteiger partial charge in [0.15, 0.2) is 0 Å². The third-order valence-electron chi connectivity index (χ3n) is 9.27. The van der Waals surface area contributed by atoms with Gasteiger partial charge in [0, 0.05) is 44.8 Å². The molecule has 2 aliphatic carbocycles. The molecule has 8 heteroatoms. The first-order valence-electron chi connectivity index (χ1n) is 16.5. The molecule has 0 atom stereocenters. The Hall–Kier alpha value is -1.64. The summed E-state index contributed by atoms with van der Waals surface area (Å²) in [4.78, 5) is 14.3. The molecule has 8 nitrogen and oxygen atoms in total. The number of unbranched alkanes of at least 4 members (excludes halogenated alkanes) is 3. The molecule has 1 saturated heterocycles. The number of nitrogen functional groups attached to an aromatic ring is 1. The number of nitrogens with one attached hydrogen (secondary N) is 3. The van der Waals surface area contributed by atoms with Gasteiger partial charge in [-0.1, -0.05) is 45.4 Å². The lowest BCUT2D eigenvalue weighted by atomic mass is 9.82. The second kappa shape index (κ2) is 17.2. The number of anilines is 3. The lowest BCUT2D eigenvalue weighted by Gasteiger charge is -2.35. The highest BCUT2D eigenvalue weighted by molar-refractivity contribution is 5.51. The lowest BCUT2D eigenvalue weighted by Crippen LogP contribution is -2.47. The van der Waals surface area contributed by atoms with Gasteiger partial charge in [-0.3, -0.25) is 4.90 Å². The first-order chi connectivity index (χ1) is 19.2. The van der Waals surface area contributed by atoms with Gasteiger partial charge < -0.3 is 26.6 Å². The van der Waals surface area contributed by atoms with E-state index < -0.39 is 0 Å². The number of piperazine rings is 1. The van der Waals surface area contributed by atoms with E-state index in [9.17, 15) is 0 Å². The Morgan fingerprint density at radius 1 is 0.821 bits per heavy atom. The Balaban J connectivity index is 1.07. The Bertz CT molecular complexity index is 783. The van der Waals surface area contributed by atoms with Crippen LogP contribution in [-0.4, -0.2) is 79.8 Å². The summed E-state index contributed by atoms with van der Waals surface area (Å²) in [6.45, 7) is 12.2. The second-order valence-corrected chi connectivity index (χ2v) is 12.5. The van der Waals surface area contributed by atoms with Crippen LogP contribution in [-0.2, 0) is 0 Å². The van der Waals surface area contributed by atoms with Crippen molar-refractivity contribution in [1.29, 1.82) is 0 Å². The van der Waals surface area contributed by atoms with Gasteiger partial charge in [-0.15, -0.1) is 0 Å². The SMILES string of the molecule is CCCCCCN1CCN(c2cc(N)nc(NCC3CCC(CNCCCNC4CCCCC4)CC3)n2)CC1. The van der Waals surface area contributed by atoms with Crippen molar-refractivity contribution in [1.82, 2.24) is 25.5 Å². The first-order valence-corrected chi connectivity index (χ1v) is 16.5. The van der Waals surface area contributed by atoms with Crippen LogP contribution in [0.25, 0.3) is 0 Å². The van der Waals surface area contributed by atoms with Gasteiger partial charge in [-0.25, -0.2) is 0 Å². The number of hydrogen-bond donors (Lipinski definition) is 4. The van der Waals surface area contributed by atoms with E-state index in [2.05, 4.69) is 37.7 Å². The summed E-state index contributed by atoms with van der Waals surface area (Å²) in [5.41, 5.74) is 6.19. The zero-order valence-corrected chi connectivity index (χ0v) is 24.9. The van der Waals surface area contributed by atoms with E-state index in [1.54, 1.807) is 0 Å². The molecule has 2 heterocycles. The predicted molar refractivity (Wildman–Crippen MR) is 166 cm³/mol. The summed E-state index contributed by atoms with van der Waals surface area (Å²) in [7, 11) is 0. The summed E-state index contributed by atoms with van der Waals surface area (Å²) in [5, 5.41) is 11.0. The van der Waals surface area contributed by atoms with Crippen molar-refractivity contribution in [3.8, 4) is 0 Å². The van der Waals surface area contributed by atoms with Crippen molar-refractivity contribution in [3.05, 3.63) is 6.07 Å². The fourth-order valence-electron chi connectivity index (χ4n) is 6.66. The van der Waals surface area contributed by atoms with E-state index in [4.69, 9.17) is 10.7 Å². The lowest BCUT2D eigenvalue weighted by molar-refractivity contribution is 0.251. The van der Waals surface area contributed by atoms with Gasteiger partial charge in [0.05, 0.1) is 0 Å². The third kappa shape index (κ3) is 11.0. The summed E-state index contributed by atoms with van der Waals surface area (Å²) >= 11 is 0. The van der Waals surface area contributed by atoms with E-state index in [1.165, 1.54) is 110 Å². The Morgan fingerprint density at radius 2 is 1.56 bits per heavy atom. The minimum atomic E-state index is 0.563. The molecule has 3 aliphatic rings. The maximum atomic E-state index is 6.19. The van der Waals surface area contributed by atoms with Gasteiger partial charge in [-0.05, 0) is 89.4 Å². The first kappa shape index (κ1) is 30.3. The molecule has 0 bridgehead atoms. The number of nitrogens with zero attached hydrogens (tertiary/aromatic N) is 4. The van der Waals surface area contributed by atoms with Crippen molar-refractivity contribution < 1.29 is 0 Å². The monoisotopic (exact) mass is 542 g/mol. The van der Waals surface area contributed by atoms with Crippen molar-refractivity contribution in [2.24, 2.45) is 11.8 Å². The molecule has 4 rings (SSSR count). The minimum absolute atomic E-state index is 0.563. The van der Waals surface area contributed by atoms with Gasteiger partial charge in [0.25, 0.3) is 0 Å². The second-order valence-electron chi connectivity index (χ2n) is 12.5. The topological polar surface area (TPSA) is 94.4 Å². The third-order valence-corrected chi connectivity index (χ3v) is 9.27. The molecule has 1 aliphatic heterocycles. The van der Waals surface area contributed by atoms with Crippen LogP contribution in [0, 0.1) is 11.8 Å². The Kier molecular flexibility index (Phi) is 13.4. The quantitative estimate of drug-likeness (QED) is 0.220. The standard InChI is InChI=1S/C31H58N8/c1-2-3-4-8-18-38-19-21-39(22-20-38)30-23-29(32)36-31(37-30)35-25-27-14-12-26(13-15-27)24-33-16-9-17-34-28-10-6-5-7-11-28/h23,26-28,33-34H,2-22,24-25H2,1H3,(H3,32,35,36,37). The van der Waals surface area contributed by atoms with E-state index >= 15 is 0 Å². The highest BCUT2D eigenvalue weighted by atomic mass is 15.3. The van der Waals surface area contributed by atoms with Crippen LogP contribution in [0.4, 0.5) is 17.6 Å². The maximum Gasteiger partial charge on any atom is 0.226 e. The molecule has 0 spiro atoms. The van der Waals surface area contributed by atoms with E-state index in [0.29, 0.717) is 17.7 Å². The fourth-order valence-corrected chi connectivity index (χ4v) is 6.66. The van der Waals surface area contributed by atoms with Crippen LogP contribution < -0.4 is 26.6 Å². The number of aromatic nitrogens is 2. The minimum Gasteiger partial charge on any atom is -0.383 e. The van der Waals surface area contributed by atoms with Gasteiger partial charge in [-0.2, -0.15) is 9.97 Å². The van der Waals surface area contributed by atoms with Crippen molar-refractivity contribution in [2.45, 2.75) is 103 Å². The largest absolute Gasteiger partial charge is 0.383 e. The Morgan fingerprint density at radius 3 is 2.31 bits per heavy atom. The molecule has 1 aromatic rings. The summed E-state index contributed by atoms with van der Waals surface area (Å²) in [5.74, 6) is 3.75. The average molecular weight is 543 g/mol. The molecule has 1 aromatic heterocycles. The normalized spacial score (nSPS) is 23.3. The molecule has 0 radical (unpaired) electrons. The van der Waals surface area contributed by atoms with E-state index in [0.717, 1.165) is 57.0 Å². The molecule has 0 unspecified atom stereocenters. The van der Waals surface area contributed by atoms with Gasteiger partial charge >= 0.3 is 0 Å². The summed E-state index contributed by atoms with van der Waals surface area (Å²) < 4.78 is 0. The molecular weight excluding hydrogens is 484 g/mol. The van der Waals surface area contributed by atoms with Gasteiger partial charge in [0.2, 0.25) is 5.95 Å². The Labute approximate surface area is 238 Å².